The number of thioether (sulfide) groups is 1. The van der Waals surface area contributed by atoms with Gasteiger partial charge in [-0.05, 0) is 44.9 Å². The van der Waals surface area contributed by atoms with Crippen LogP contribution in [0.1, 0.15) is 22.4 Å². The number of amides is 1. The lowest BCUT2D eigenvalue weighted by atomic mass is 10.1. The fourth-order valence-electron chi connectivity index (χ4n) is 2.77. The largest absolute Gasteiger partial charge is 0.335 e. The molecule has 9 heteroatoms. The number of aryl methyl sites for hydroxylation is 4. The van der Waals surface area contributed by atoms with Crippen molar-refractivity contribution in [1.29, 1.82) is 0 Å². The molecule has 0 fully saturated rings. The molecule has 0 atom stereocenters. The Balaban J connectivity index is 1.66. The minimum Gasteiger partial charge on any atom is -0.335 e. The number of aromatic amines is 1. The summed E-state index contributed by atoms with van der Waals surface area (Å²) in [7, 11) is 0. The molecule has 0 unspecified atom stereocenters. The second-order valence-electron chi connectivity index (χ2n) is 6.22. The molecular weight excluding hydrogens is 350 g/mol. The molecule has 0 saturated heterocycles. The van der Waals surface area contributed by atoms with Gasteiger partial charge in [-0.25, -0.2) is 4.68 Å². The summed E-state index contributed by atoms with van der Waals surface area (Å²) in [5, 5.41) is 18.5. The Labute approximate surface area is 155 Å². The van der Waals surface area contributed by atoms with Crippen LogP contribution in [0.25, 0.3) is 11.5 Å². The van der Waals surface area contributed by atoms with Crippen LogP contribution in [0.3, 0.4) is 0 Å². The van der Waals surface area contributed by atoms with E-state index in [0.717, 1.165) is 22.5 Å². The van der Waals surface area contributed by atoms with Gasteiger partial charge in [0.2, 0.25) is 16.9 Å². The van der Waals surface area contributed by atoms with Crippen LogP contribution in [0.4, 0.5) is 5.69 Å². The molecule has 0 bridgehead atoms. The average molecular weight is 371 g/mol. The molecular formula is C17H21N7OS. The van der Waals surface area contributed by atoms with E-state index in [1.165, 1.54) is 22.0 Å². The Bertz CT molecular complexity index is 937. The number of carbonyl (C=O) groups excluding carboxylic acids is 1. The number of nitrogens with two attached hydrogens (primary N) is 1. The van der Waals surface area contributed by atoms with Crippen LogP contribution in [-0.4, -0.2) is 36.7 Å². The summed E-state index contributed by atoms with van der Waals surface area (Å²) in [6.45, 7) is 7.89. The SMILES string of the molecule is Cc1cc(C)c(NC(=O)CSc2nnc(-c3cc(C)[nH]n3)n2N)c(C)c1. The van der Waals surface area contributed by atoms with E-state index in [4.69, 9.17) is 5.84 Å². The third-order valence-corrected chi connectivity index (χ3v) is 4.82. The highest BCUT2D eigenvalue weighted by Gasteiger charge is 2.16. The van der Waals surface area contributed by atoms with Gasteiger partial charge < -0.3 is 11.2 Å². The van der Waals surface area contributed by atoms with E-state index in [2.05, 4.69) is 25.7 Å². The molecule has 1 aromatic carbocycles. The van der Waals surface area contributed by atoms with Crippen LogP contribution in [0.5, 0.6) is 0 Å². The fraction of sp³-hybridized carbons (Fsp3) is 0.294. The first-order chi connectivity index (χ1) is 12.3. The molecule has 1 amide bonds. The molecule has 0 spiro atoms. The summed E-state index contributed by atoms with van der Waals surface area (Å²) in [4.78, 5) is 12.3. The van der Waals surface area contributed by atoms with Gasteiger partial charge in [-0.2, -0.15) is 5.10 Å². The maximum atomic E-state index is 12.3. The molecule has 0 radical (unpaired) electrons. The van der Waals surface area contributed by atoms with Crippen LogP contribution in [0, 0.1) is 27.7 Å². The highest BCUT2D eigenvalue weighted by Crippen LogP contribution is 2.24. The van der Waals surface area contributed by atoms with E-state index >= 15 is 0 Å². The molecule has 3 rings (SSSR count). The molecule has 2 aromatic heterocycles. The van der Waals surface area contributed by atoms with Gasteiger partial charge >= 0.3 is 0 Å². The molecule has 0 aliphatic rings. The van der Waals surface area contributed by atoms with Gasteiger partial charge in [0.15, 0.2) is 0 Å². The molecule has 2 heterocycles. The number of nitrogen functional groups attached to an aromatic ring is 1. The van der Waals surface area contributed by atoms with Crippen LogP contribution >= 0.6 is 11.8 Å². The van der Waals surface area contributed by atoms with Gasteiger partial charge in [-0.15, -0.1) is 10.2 Å². The first kappa shape index (κ1) is 18.0. The maximum Gasteiger partial charge on any atom is 0.234 e. The molecule has 0 saturated carbocycles. The van der Waals surface area contributed by atoms with E-state index in [1.54, 1.807) is 0 Å². The zero-order valence-corrected chi connectivity index (χ0v) is 15.9. The number of H-pyrrole nitrogens is 1. The minimum absolute atomic E-state index is 0.120. The number of hydrogen-bond acceptors (Lipinski definition) is 6. The predicted octanol–water partition coefficient (Wildman–Crippen LogP) is 2.35. The lowest BCUT2D eigenvalue weighted by Crippen LogP contribution is -2.17. The molecule has 136 valence electrons. The van der Waals surface area contributed by atoms with E-state index < -0.39 is 0 Å². The van der Waals surface area contributed by atoms with Crippen molar-refractivity contribution in [2.75, 3.05) is 16.9 Å². The molecule has 4 N–H and O–H groups in total. The van der Waals surface area contributed by atoms with Crippen LogP contribution < -0.4 is 11.2 Å². The summed E-state index contributed by atoms with van der Waals surface area (Å²) in [6.07, 6.45) is 0. The summed E-state index contributed by atoms with van der Waals surface area (Å²) in [5.41, 5.74) is 5.62. The summed E-state index contributed by atoms with van der Waals surface area (Å²) >= 11 is 1.23. The van der Waals surface area contributed by atoms with Crippen molar-refractivity contribution < 1.29 is 4.79 Å². The quantitative estimate of drug-likeness (QED) is 0.468. The van der Waals surface area contributed by atoms with Gasteiger partial charge in [-0.3, -0.25) is 9.89 Å². The first-order valence-corrected chi connectivity index (χ1v) is 9.07. The molecule has 0 aliphatic carbocycles. The standard InChI is InChI=1S/C17H21N7OS/c1-9-5-10(2)15(11(3)6-9)19-14(25)8-26-17-23-22-16(24(17)18)13-7-12(4)20-21-13/h5-7H,8,18H2,1-4H3,(H,19,25)(H,20,21). The van der Waals surface area contributed by atoms with Crippen LogP contribution in [0.15, 0.2) is 23.4 Å². The predicted molar refractivity (Wildman–Crippen MR) is 102 cm³/mol. The third-order valence-electron chi connectivity index (χ3n) is 3.87. The monoisotopic (exact) mass is 371 g/mol. The van der Waals surface area contributed by atoms with Crippen molar-refractivity contribution in [3.8, 4) is 11.5 Å². The van der Waals surface area contributed by atoms with Gasteiger partial charge in [0.25, 0.3) is 0 Å². The highest BCUT2D eigenvalue weighted by molar-refractivity contribution is 7.99. The molecule has 0 aliphatic heterocycles. The van der Waals surface area contributed by atoms with Crippen molar-refractivity contribution in [3.05, 3.63) is 40.6 Å². The Morgan fingerprint density at radius 1 is 1.19 bits per heavy atom. The third kappa shape index (κ3) is 3.72. The Hall–Kier alpha value is -2.81. The number of rotatable bonds is 5. The Kier molecular flexibility index (Phi) is 4.99. The summed E-state index contributed by atoms with van der Waals surface area (Å²) in [5.74, 6) is 6.54. The van der Waals surface area contributed by atoms with Crippen molar-refractivity contribution in [3.63, 3.8) is 0 Å². The van der Waals surface area contributed by atoms with E-state index in [-0.39, 0.29) is 11.7 Å². The number of nitrogens with zero attached hydrogens (tertiary/aromatic N) is 4. The smallest absolute Gasteiger partial charge is 0.234 e. The van der Waals surface area contributed by atoms with E-state index in [1.807, 2.05) is 45.9 Å². The topological polar surface area (TPSA) is 115 Å². The van der Waals surface area contributed by atoms with Gasteiger partial charge in [-0.1, -0.05) is 29.5 Å². The van der Waals surface area contributed by atoms with Gasteiger partial charge in [0.1, 0.15) is 5.69 Å². The minimum atomic E-state index is -0.120. The van der Waals surface area contributed by atoms with Crippen molar-refractivity contribution in [2.45, 2.75) is 32.9 Å². The number of anilines is 1. The average Bonchev–Trinajstić information content (AvgIpc) is 3.14. The Morgan fingerprint density at radius 3 is 2.50 bits per heavy atom. The fourth-order valence-corrected chi connectivity index (χ4v) is 3.42. The zero-order valence-electron chi connectivity index (χ0n) is 15.1. The normalized spacial score (nSPS) is 10.9. The van der Waals surface area contributed by atoms with E-state index in [9.17, 15) is 4.79 Å². The van der Waals surface area contributed by atoms with Gasteiger partial charge in [0.05, 0.1) is 5.75 Å². The van der Waals surface area contributed by atoms with Gasteiger partial charge in [0, 0.05) is 11.4 Å². The van der Waals surface area contributed by atoms with E-state index in [0.29, 0.717) is 16.7 Å². The molecule has 3 aromatic rings. The summed E-state index contributed by atoms with van der Waals surface area (Å²) in [6, 6.07) is 5.92. The first-order valence-electron chi connectivity index (χ1n) is 8.08. The van der Waals surface area contributed by atoms with Crippen molar-refractivity contribution in [2.24, 2.45) is 0 Å². The van der Waals surface area contributed by atoms with Crippen molar-refractivity contribution >= 4 is 23.4 Å². The van der Waals surface area contributed by atoms with Crippen molar-refractivity contribution in [1.82, 2.24) is 25.1 Å². The maximum absolute atomic E-state index is 12.3. The summed E-state index contributed by atoms with van der Waals surface area (Å²) < 4.78 is 1.34. The van der Waals surface area contributed by atoms with Crippen LogP contribution in [-0.2, 0) is 4.79 Å². The second-order valence-corrected chi connectivity index (χ2v) is 7.17. The number of benzene rings is 1. The Morgan fingerprint density at radius 2 is 1.88 bits per heavy atom. The number of hydrogen-bond donors (Lipinski definition) is 3. The van der Waals surface area contributed by atoms with Crippen LogP contribution in [0.2, 0.25) is 0 Å². The number of carbonyl (C=O) groups is 1. The number of aromatic nitrogens is 5. The highest BCUT2D eigenvalue weighted by atomic mass is 32.2. The second kappa shape index (κ2) is 7.20. The lowest BCUT2D eigenvalue weighted by Gasteiger charge is -2.12. The number of nitrogens with one attached hydrogen (secondary N) is 2. The lowest BCUT2D eigenvalue weighted by molar-refractivity contribution is -0.113. The molecule has 26 heavy (non-hydrogen) atoms. The molecule has 8 nitrogen and oxygen atoms in total. The zero-order chi connectivity index (χ0) is 18.8.